The summed E-state index contributed by atoms with van der Waals surface area (Å²) in [4.78, 5) is 10.2. The van der Waals surface area contributed by atoms with Gasteiger partial charge in [-0.05, 0) is 0 Å². The fourth-order valence-corrected chi connectivity index (χ4v) is 1.50. The van der Waals surface area contributed by atoms with Crippen molar-refractivity contribution < 1.29 is 13.8 Å². The molecule has 2 rings (SSSR count). The average Bonchev–Trinajstić information content (AvgIpc) is 2.83. The quantitative estimate of drug-likeness (QED) is 0.683. The Hall–Kier alpha value is -2.15. The Kier molecular flexibility index (Phi) is 3.42. The number of nitrogens with one attached hydrogen (secondary N) is 1. The van der Waals surface area contributed by atoms with Crippen LogP contribution in [0.5, 0.6) is 0 Å². The zero-order valence-electron chi connectivity index (χ0n) is 8.89. The van der Waals surface area contributed by atoms with Gasteiger partial charge in [-0.3, -0.25) is 10.1 Å². The molecule has 0 amide bonds. The molecule has 0 bridgehead atoms. The first kappa shape index (κ1) is 12.3. The summed E-state index contributed by atoms with van der Waals surface area (Å²) in [5, 5.41) is 16.8. The predicted molar refractivity (Wildman–Crippen MR) is 61.9 cm³/mol. The highest BCUT2D eigenvalue weighted by Crippen LogP contribution is 2.30. The van der Waals surface area contributed by atoms with Crippen LogP contribution in [0.3, 0.4) is 0 Å². The summed E-state index contributed by atoms with van der Waals surface area (Å²) in [5.41, 5.74) is 0.273. The highest BCUT2D eigenvalue weighted by molar-refractivity contribution is 6.31. The Morgan fingerprint density at radius 1 is 1.56 bits per heavy atom. The van der Waals surface area contributed by atoms with E-state index in [4.69, 9.17) is 11.6 Å². The number of aromatic nitrogens is 1. The summed E-state index contributed by atoms with van der Waals surface area (Å²) in [6, 6.07) is 3.52. The van der Waals surface area contributed by atoms with Crippen molar-refractivity contribution in [1.82, 2.24) is 5.16 Å². The molecule has 1 N–H and O–H groups in total. The topological polar surface area (TPSA) is 81.2 Å². The molecule has 1 heterocycles. The zero-order chi connectivity index (χ0) is 13.1. The predicted octanol–water partition coefficient (Wildman–Crippen LogP) is 2.99. The van der Waals surface area contributed by atoms with E-state index in [1.165, 1.54) is 6.26 Å². The maximum absolute atomic E-state index is 13.3. The molecule has 0 spiro atoms. The fourth-order valence-electron chi connectivity index (χ4n) is 1.34. The van der Waals surface area contributed by atoms with Crippen molar-refractivity contribution in [2.75, 3.05) is 5.32 Å². The lowest BCUT2D eigenvalue weighted by atomic mass is 10.2. The van der Waals surface area contributed by atoms with E-state index in [0.29, 0.717) is 5.69 Å². The van der Waals surface area contributed by atoms with Crippen molar-refractivity contribution in [2.24, 2.45) is 0 Å². The van der Waals surface area contributed by atoms with E-state index in [2.05, 4.69) is 15.0 Å². The molecule has 94 valence electrons. The van der Waals surface area contributed by atoms with E-state index in [1.54, 1.807) is 6.07 Å². The van der Waals surface area contributed by atoms with Crippen molar-refractivity contribution in [3.63, 3.8) is 0 Å². The van der Waals surface area contributed by atoms with Crippen molar-refractivity contribution in [3.8, 4) is 0 Å². The fraction of sp³-hybridized carbons (Fsp3) is 0.100. The number of hydrogen-bond acceptors (Lipinski definition) is 5. The summed E-state index contributed by atoms with van der Waals surface area (Å²) in [6.07, 6.45) is 1.37. The van der Waals surface area contributed by atoms with Crippen LogP contribution < -0.4 is 5.32 Å². The summed E-state index contributed by atoms with van der Waals surface area (Å²) < 4.78 is 17.9. The number of nitro benzene ring substituents is 1. The van der Waals surface area contributed by atoms with Gasteiger partial charge in [-0.15, -0.1) is 0 Å². The smallest absolute Gasteiger partial charge is 0.294 e. The Labute approximate surface area is 105 Å². The first-order valence-corrected chi connectivity index (χ1v) is 5.22. The Morgan fingerprint density at radius 2 is 2.33 bits per heavy atom. The third-order valence-corrected chi connectivity index (χ3v) is 2.48. The van der Waals surface area contributed by atoms with Crippen LogP contribution in [0.4, 0.5) is 15.8 Å². The molecule has 0 saturated heterocycles. The zero-order valence-corrected chi connectivity index (χ0v) is 9.65. The number of nitro groups is 1. The molecule has 18 heavy (non-hydrogen) atoms. The molecule has 0 aliphatic heterocycles. The normalized spacial score (nSPS) is 10.3. The molecule has 1 aromatic heterocycles. The number of anilines is 1. The van der Waals surface area contributed by atoms with Gasteiger partial charge < -0.3 is 9.84 Å². The summed E-state index contributed by atoms with van der Waals surface area (Å²) in [7, 11) is 0. The first-order valence-electron chi connectivity index (χ1n) is 4.84. The van der Waals surface area contributed by atoms with Crippen LogP contribution in [-0.2, 0) is 6.54 Å². The van der Waals surface area contributed by atoms with Gasteiger partial charge in [0.15, 0.2) is 0 Å². The van der Waals surface area contributed by atoms with Crippen LogP contribution in [0, 0.1) is 15.9 Å². The Bertz CT molecular complexity index is 574. The largest absolute Gasteiger partial charge is 0.374 e. The third-order valence-electron chi connectivity index (χ3n) is 2.19. The lowest BCUT2D eigenvalue weighted by Gasteiger charge is -2.06. The van der Waals surface area contributed by atoms with Gasteiger partial charge in [-0.2, -0.15) is 0 Å². The number of hydrogen-bond donors (Lipinski definition) is 1. The SMILES string of the molecule is O=[N+]([O-])c1cc(Cl)c(F)cc1NCc1ccon1. The third kappa shape index (κ3) is 2.57. The molecule has 6 nitrogen and oxygen atoms in total. The van der Waals surface area contributed by atoms with E-state index in [0.717, 1.165) is 12.1 Å². The highest BCUT2D eigenvalue weighted by atomic mass is 35.5. The minimum absolute atomic E-state index is 0.0323. The first-order chi connectivity index (χ1) is 8.58. The molecule has 0 saturated carbocycles. The maximum Gasteiger partial charge on any atom is 0.294 e. The van der Waals surface area contributed by atoms with Crippen molar-refractivity contribution in [3.05, 3.63) is 51.1 Å². The monoisotopic (exact) mass is 271 g/mol. The van der Waals surface area contributed by atoms with Crippen LogP contribution in [0.15, 0.2) is 29.0 Å². The maximum atomic E-state index is 13.3. The van der Waals surface area contributed by atoms with Gasteiger partial charge in [0.2, 0.25) is 0 Å². The van der Waals surface area contributed by atoms with Gasteiger partial charge in [0.25, 0.3) is 5.69 Å². The van der Waals surface area contributed by atoms with Crippen LogP contribution in [0.2, 0.25) is 5.02 Å². The van der Waals surface area contributed by atoms with Crippen LogP contribution in [0.25, 0.3) is 0 Å². The molecule has 0 radical (unpaired) electrons. The van der Waals surface area contributed by atoms with Crippen molar-refractivity contribution in [1.29, 1.82) is 0 Å². The number of halogens is 2. The van der Waals surface area contributed by atoms with Gasteiger partial charge in [0.1, 0.15) is 23.5 Å². The van der Waals surface area contributed by atoms with E-state index in [1.807, 2.05) is 0 Å². The molecule has 2 aromatic rings. The minimum atomic E-state index is -0.732. The van der Waals surface area contributed by atoms with Gasteiger partial charge in [-0.25, -0.2) is 4.39 Å². The lowest BCUT2D eigenvalue weighted by Crippen LogP contribution is -2.03. The lowest BCUT2D eigenvalue weighted by molar-refractivity contribution is -0.384. The van der Waals surface area contributed by atoms with Crippen LogP contribution in [-0.4, -0.2) is 10.1 Å². The number of rotatable bonds is 4. The average molecular weight is 272 g/mol. The second-order valence-corrected chi connectivity index (χ2v) is 3.79. The van der Waals surface area contributed by atoms with E-state index >= 15 is 0 Å². The second kappa shape index (κ2) is 5.01. The second-order valence-electron chi connectivity index (χ2n) is 3.38. The van der Waals surface area contributed by atoms with Gasteiger partial charge in [0, 0.05) is 18.2 Å². The minimum Gasteiger partial charge on any atom is -0.374 e. The van der Waals surface area contributed by atoms with Gasteiger partial charge in [0.05, 0.1) is 16.5 Å². The van der Waals surface area contributed by atoms with Crippen molar-refractivity contribution >= 4 is 23.0 Å². The summed E-state index contributed by atoms with van der Waals surface area (Å²) in [6.45, 7) is 0.179. The molecule has 0 aliphatic carbocycles. The molecular formula is C10H7ClFN3O3. The molecular weight excluding hydrogens is 265 g/mol. The van der Waals surface area contributed by atoms with Crippen molar-refractivity contribution in [2.45, 2.75) is 6.54 Å². The molecule has 0 fully saturated rings. The van der Waals surface area contributed by atoms with E-state index in [9.17, 15) is 14.5 Å². The molecule has 8 heteroatoms. The van der Waals surface area contributed by atoms with Gasteiger partial charge >= 0.3 is 0 Å². The number of nitrogens with zero attached hydrogens (tertiary/aromatic N) is 2. The van der Waals surface area contributed by atoms with Gasteiger partial charge in [-0.1, -0.05) is 16.8 Å². The Morgan fingerprint density at radius 3 is 2.94 bits per heavy atom. The highest BCUT2D eigenvalue weighted by Gasteiger charge is 2.17. The summed E-state index contributed by atoms with van der Waals surface area (Å²) >= 11 is 5.50. The van der Waals surface area contributed by atoms with Crippen LogP contribution >= 0.6 is 11.6 Å². The Balaban J connectivity index is 2.25. The summed E-state index contributed by atoms with van der Waals surface area (Å²) in [5.74, 6) is -0.732. The molecule has 0 atom stereocenters. The van der Waals surface area contributed by atoms with E-state index in [-0.39, 0.29) is 22.9 Å². The molecule has 0 unspecified atom stereocenters. The molecule has 0 aliphatic rings. The molecule has 1 aromatic carbocycles. The number of benzene rings is 1. The standard InChI is InChI=1S/C10H7ClFN3O3/c11-7-3-10(15(16)17)9(4-8(7)12)13-5-6-1-2-18-14-6/h1-4,13H,5H2. The van der Waals surface area contributed by atoms with E-state index < -0.39 is 10.7 Å². The van der Waals surface area contributed by atoms with Crippen LogP contribution in [0.1, 0.15) is 5.69 Å².